The second kappa shape index (κ2) is 7.97. The van der Waals surface area contributed by atoms with Gasteiger partial charge >= 0.3 is 28.1 Å². The van der Waals surface area contributed by atoms with Crippen LogP contribution in [0.25, 0.3) is 0 Å². The fraction of sp³-hybridized carbons (Fsp3) is 1.00. The molecule has 0 N–H and O–H groups in total. The van der Waals surface area contributed by atoms with E-state index in [1.807, 2.05) is 0 Å². The molecule has 0 aliphatic carbocycles. The zero-order chi connectivity index (χ0) is 6.41. The first-order valence-electron chi connectivity index (χ1n) is 2.54. The van der Waals surface area contributed by atoms with Gasteiger partial charge in [-0.2, -0.15) is 9.68 Å². The number of nitrogens with zero attached hydrogens (tertiary/aromatic N) is 1. The molecule has 0 aromatic carbocycles. The molecule has 0 fully saturated rings. The molecule has 0 bridgehead atoms. The van der Waals surface area contributed by atoms with E-state index in [0.29, 0.717) is 13.2 Å². The summed E-state index contributed by atoms with van der Waals surface area (Å²) in [6.07, 6.45) is 0. The van der Waals surface area contributed by atoms with Crippen molar-refractivity contribution in [1.29, 1.82) is 0 Å². The van der Waals surface area contributed by atoms with Crippen molar-refractivity contribution in [1.82, 2.24) is 0 Å². The Bertz CT molecular complexity index is 70.2. The number of rotatable bonds is 4. The van der Waals surface area contributed by atoms with Gasteiger partial charge in [0.15, 0.2) is 13.2 Å². The van der Waals surface area contributed by atoms with E-state index in [2.05, 4.69) is 9.68 Å². The highest BCUT2D eigenvalue weighted by atomic mass is 24.3. The van der Waals surface area contributed by atoms with Crippen LogP contribution < -0.4 is 0 Å². The fourth-order valence-corrected chi connectivity index (χ4v) is 0.248. The van der Waals surface area contributed by atoms with Gasteiger partial charge in [-0.05, 0) is 13.8 Å². The Balaban J connectivity index is 0. The van der Waals surface area contributed by atoms with Gasteiger partial charge in [-0.3, -0.25) is 0 Å². The molecule has 0 heterocycles. The summed E-state index contributed by atoms with van der Waals surface area (Å²) in [4.78, 5) is 18.8. The molecule has 0 rings (SSSR count). The predicted molar refractivity (Wildman–Crippen MR) is 35.4 cm³/mol. The second-order valence-electron chi connectivity index (χ2n) is 1.06. The van der Waals surface area contributed by atoms with Gasteiger partial charge in [-0.15, -0.1) is 0 Å². The molecule has 0 saturated carbocycles. The zero-order valence-corrected chi connectivity index (χ0v) is 5.09. The van der Waals surface area contributed by atoms with E-state index in [4.69, 9.17) is 0 Å². The lowest BCUT2D eigenvalue weighted by Gasteiger charge is -1.84. The molecule has 0 aliphatic heterocycles. The fourth-order valence-electron chi connectivity index (χ4n) is 0.248. The molecule has 0 aliphatic rings. The van der Waals surface area contributed by atoms with Crippen molar-refractivity contribution in [2.24, 2.45) is 0 Å². The average Bonchev–Trinajstić information content (AvgIpc) is 1.68. The Hall–Kier alpha value is -0.0338. The maximum atomic E-state index is 10.1. The van der Waals surface area contributed by atoms with E-state index in [1.165, 1.54) is 0 Å². The quantitative estimate of drug-likeness (QED) is 0.406. The van der Waals surface area contributed by atoms with Gasteiger partial charge < -0.3 is 0 Å². The third kappa shape index (κ3) is 7.97. The van der Waals surface area contributed by atoms with Crippen LogP contribution in [0.2, 0.25) is 0 Å². The molecule has 4 nitrogen and oxygen atoms in total. The van der Waals surface area contributed by atoms with Crippen LogP contribution in [0.3, 0.4) is 0 Å². The lowest BCUT2D eigenvalue weighted by atomic mass is 10.9. The summed E-state index contributed by atoms with van der Waals surface area (Å²) >= 11 is 0. The van der Waals surface area contributed by atoms with Gasteiger partial charge in [-0.25, -0.2) is 0 Å². The molecule has 52 valence electrons. The van der Waals surface area contributed by atoms with E-state index >= 15 is 0 Å². The van der Waals surface area contributed by atoms with Crippen molar-refractivity contribution in [2.75, 3.05) is 13.2 Å². The van der Waals surface area contributed by atoms with Crippen LogP contribution in [-0.2, 0) is 9.68 Å². The predicted octanol–water partition coefficient (Wildman–Crippen LogP) is -0.248. The highest BCUT2D eigenvalue weighted by Gasteiger charge is 2.05. The van der Waals surface area contributed by atoms with E-state index in [1.54, 1.807) is 13.8 Å². The smallest absolute Gasteiger partial charge is 0.187 e. The zero-order valence-electron chi connectivity index (χ0n) is 5.09. The summed E-state index contributed by atoms with van der Waals surface area (Å²) < 4.78 is 0. The van der Waals surface area contributed by atoms with Crippen LogP contribution in [0.15, 0.2) is 0 Å². The standard InChI is InChI=1S/C4H10NO3.Mg.2H/c1-3-7-5(6)8-4-2;;;/h3-4H2,1-2H3;;;/q+1;;;. The SMILES string of the molecule is CCO[N+](=O)OCC.[MgH2]. The largest absolute Gasteiger partial charge is 0.477 e. The Kier molecular flexibility index (Phi) is 10.4. The Morgan fingerprint density at radius 1 is 1.22 bits per heavy atom. The van der Waals surface area contributed by atoms with Crippen molar-refractivity contribution < 1.29 is 14.8 Å². The summed E-state index contributed by atoms with van der Waals surface area (Å²) in [5.74, 6) is 0. The highest BCUT2D eigenvalue weighted by molar-refractivity contribution is 5.75. The van der Waals surface area contributed by atoms with Crippen LogP contribution in [0.1, 0.15) is 13.8 Å². The van der Waals surface area contributed by atoms with Gasteiger partial charge in [0, 0.05) is 0 Å². The summed E-state index contributed by atoms with van der Waals surface area (Å²) in [5.41, 5.74) is 0. The molecule has 5 heteroatoms. The normalized spacial score (nSPS) is 7.33. The molecular formula is C4H12MgNO3+. The molecule has 9 heavy (non-hydrogen) atoms. The van der Waals surface area contributed by atoms with E-state index in [9.17, 15) is 4.91 Å². The molecule has 0 radical (unpaired) electrons. The maximum Gasteiger partial charge on any atom is 0.477 e. The molecule has 0 atom stereocenters. The van der Waals surface area contributed by atoms with Crippen molar-refractivity contribution >= 4 is 23.1 Å². The molecule has 0 unspecified atom stereocenters. The Labute approximate surface area is 70.1 Å². The lowest BCUT2D eigenvalue weighted by molar-refractivity contribution is -0.980. The van der Waals surface area contributed by atoms with Crippen LogP contribution >= 0.6 is 0 Å². The minimum Gasteiger partial charge on any atom is -0.187 e. The molecule has 0 aromatic heterocycles. The van der Waals surface area contributed by atoms with Crippen LogP contribution in [0.5, 0.6) is 0 Å². The molecule has 0 amide bonds. The Morgan fingerprint density at radius 3 is 1.78 bits per heavy atom. The molecule has 0 saturated heterocycles. The average molecular weight is 146 g/mol. The molecule has 0 aromatic rings. The van der Waals surface area contributed by atoms with E-state index in [0.717, 1.165) is 0 Å². The third-order valence-electron chi connectivity index (χ3n) is 0.469. The second-order valence-corrected chi connectivity index (χ2v) is 1.06. The summed E-state index contributed by atoms with van der Waals surface area (Å²) in [5, 5.41) is 0.111. The van der Waals surface area contributed by atoms with Gasteiger partial charge in [-0.1, -0.05) is 0 Å². The third-order valence-corrected chi connectivity index (χ3v) is 0.469. The minimum atomic E-state index is 0. The molecular weight excluding hydrogens is 134 g/mol. The van der Waals surface area contributed by atoms with Crippen molar-refractivity contribution in [3.05, 3.63) is 4.91 Å². The first kappa shape index (κ1) is 11.7. The maximum absolute atomic E-state index is 10.1. The van der Waals surface area contributed by atoms with Crippen LogP contribution in [0, 0.1) is 4.91 Å². The highest BCUT2D eigenvalue weighted by Crippen LogP contribution is 1.77. The van der Waals surface area contributed by atoms with Gasteiger partial charge in [0.1, 0.15) is 4.91 Å². The van der Waals surface area contributed by atoms with E-state index < -0.39 is 0 Å². The van der Waals surface area contributed by atoms with Crippen molar-refractivity contribution in [2.45, 2.75) is 13.8 Å². The molecule has 0 spiro atoms. The monoisotopic (exact) mass is 146 g/mol. The summed E-state index contributed by atoms with van der Waals surface area (Å²) in [7, 11) is 0. The summed E-state index contributed by atoms with van der Waals surface area (Å²) in [6.45, 7) is 4.10. The van der Waals surface area contributed by atoms with Gasteiger partial charge in [0.2, 0.25) is 0 Å². The van der Waals surface area contributed by atoms with Crippen LogP contribution in [-0.4, -0.2) is 41.4 Å². The summed E-state index contributed by atoms with van der Waals surface area (Å²) in [6, 6.07) is 0. The minimum absolute atomic E-state index is 0. The van der Waals surface area contributed by atoms with Crippen LogP contribution in [0.4, 0.5) is 0 Å². The van der Waals surface area contributed by atoms with Gasteiger partial charge in [0.05, 0.1) is 0 Å². The van der Waals surface area contributed by atoms with Crippen molar-refractivity contribution in [3.63, 3.8) is 0 Å². The van der Waals surface area contributed by atoms with E-state index in [-0.39, 0.29) is 28.1 Å². The topological polar surface area (TPSA) is 38.5 Å². The number of hydrogen-bond donors (Lipinski definition) is 0. The lowest BCUT2D eigenvalue weighted by Crippen LogP contribution is -2.09. The number of hydrogen-bond acceptors (Lipinski definition) is 3. The van der Waals surface area contributed by atoms with Crippen molar-refractivity contribution in [3.8, 4) is 0 Å². The Morgan fingerprint density at radius 2 is 1.56 bits per heavy atom. The first-order chi connectivity index (χ1) is 3.81. The van der Waals surface area contributed by atoms with Gasteiger partial charge in [0.25, 0.3) is 0 Å². The first-order valence-corrected chi connectivity index (χ1v) is 2.54.